The molecule has 0 unspecified atom stereocenters. The molecule has 0 aliphatic carbocycles. The van der Waals surface area contributed by atoms with Crippen LogP contribution in [0.2, 0.25) is 0 Å². The van der Waals surface area contributed by atoms with Gasteiger partial charge in [-0.05, 0) is 36.5 Å². The summed E-state index contributed by atoms with van der Waals surface area (Å²) >= 11 is 0. The van der Waals surface area contributed by atoms with Crippen molar-refractivity contribution in [3.8, 4) is 11.5 Å². The van der Waals surface area contributed by atoms with Gasteiger partial charge in [-0.15, -0.1) is 0 Å². The Bertz CT molecular complexity index is 1330. The first-order valence-electron chi connectivity index (χ1n) is 12.6. The van der Waals surface area contributed by atoms with Crippen molar-refractivity contribution in [1.82, 2.24) is 14.5 Å². The molecule has 1 amide bonds. The smallest absolute Gasteiger partial charge is 0.261 e. The van der Waals surface area contributed by atoms with Crippen molar-refractivity contribution in [2.24, 2.45) is 0 Å². The summed E-state index contributed by atoms with van der Waals surface area (Å²) in [5, 5.41) is 0.457. The number of nitrogens with zero attached hydrogens (tertiary/aromatic N) is 3. The van der Waals surface area contributed by atoms with Crippen molar-refractivity contribution < 1.29 is 14.3 Å². The average molecular weight is 500 g/mol. The maximum atomic E-state index is 13.2. The van der Waals surface area contributed by atoms with Crippen molar-refractivity contribution in [3.63, 3.8) is 0 Å². The Morgan fingerprint density at radius 2 is 1.43 bits per heavy atom. The lowest BCUT2D eigenvalue weighted by Crippen LogP contribution is -2.35. The van der Waals surface area contributed by atoms with E-state index in [0.717, 1.165) is 12.8 Å². The van der Waals surface area contributed by atoms with Gasteiger partial charge in [0.2, 0.25) is 5.91 Å². The fourth-order valence-electron chi connectivity index (χ4n) is 4.38. The van der Waals surface area contributed by atoms with Gasteiger partial charge in [-0.3, -0.25) is 14.2 Å². The molecular weight excluding hydrogens is 466 g/mol. The number of aromatic nitrogens is 2. The summed E-state index contributed by atoms with van der Waals surface area (Å²) in [6, 6.07) is 23.8. The predicted octanol–water partition coefficient (Wildman–Crippen LogP) is 4.51. The second-order valence-electron chi connectivity index (χ2n) is 8.92. The molecular formula is C30H33N3O4. The standard InChI is InChI=1S/C30H33N3O4/c1-36-27-20-25-26(21-28(27)37-2)31-22-33(30(25)35)17-9-14-29(34)32(18-15-23-10-5-3-6-11-23)19-16-24-12-7-4-8-13-24/h3-8,10-13,20-22H,9,14-19H2,1-2H3. The third-order valence-corrected chi connectivity index (χ3v) is 6.50. The molecule has 4 rings (SSSR count). The van der Waals surface area contributed by atoms with E-state index in [9.17, 15) is 9.59 Å². The van der Waals surface area contributed by atoms with Crippen LogP contribution in [0.3, 0.4) is 0 Å². The van der Waals surface area contributed by atoms with Gasteiger partial charge in [0.15, 0.2) is 11.5 Å². The minimum atomic E-state index is -0.164. The number of carbonyl (C=O) groups excluding carboxylic acids is 1. The fourth-order valence-corrected chi connectivity index (χ4v) is 4.38. The molecule has 0 aliphatic rings. The monoisotopic (exact) mass is 499 g/mol. The molecule has 37 heavy (non-hydrogen) atoms. The Hall–Kier alpha value is -4.13. The molecule has 0 radical (unpaired) electrons. The van der Waals surface area contributed by atoms with Gasteiger partial charge in [0.1, 0.15) is 0 Å². The highest BCUT2D eigenvalue weighted by Gasteiger charge is 2.15. The zero-order chi connectivity index (χ0) is 26.0. The van der Waals surface area contributed by atoms with Crippen LogP contribution in [0.5, 0.6) is 11.5 Å². The fraction of sp³-hybridized carbons (Fsp3) is 0.300. The number of aryl methyl sites for hydroxylation is 1. The maximum absolute atomic E-state index is 13.2. The highest BCUT2D eigenvalue weighted by molar-refractivity contribution is 5.81. The van der Waals surface area contributed by atoms with Gasteiger partial charge in [0.05, 0.1) is 31.4 Å². The number of rotatable bonds is 12. The predicted molar refractivity (Wildman–Crippen MR) is 145 cm³/mol. The van der Waals surface area contributed by atoms with Crippen molar-refractivity contribution in [1.29, 1.82) is 0 Å². The summed E-state index contributed by atoms with van der Waals surface area (Å²) in [6.07, 6.45) is 4.05. The summed E-state index contributed by atoms with van der Waals surface area (Å²) in [5.74, 6) is 1.10. The van der Waals surface area contributed by atoms with E-state index >= 15 is 0 Å². The van der Waals surface area contributed by atoms with E-state index in [-0.39, 0.29) is 11.5 Å². The molecule has 3 aromatic carbocycles. The van der Waals surface area contributed by atoms with Crippen LogP contribution in [0.4, 0.5) is 0 Å². The molecule has 1 aromatic heterocycles. The molecule has 0 bridgehead atoms. The second kappa shape index (κ2) is 12.7. The number of amides is 1. The average Bonchev–Trinajstić information content (AvgIpc) is 2.94. The highest BCUT2D eigenvalue weighted by atomic mass is 16.5. The molecule has 0 fully saturated rings. The third-order valence-electron chi connectivity index (χ3n) is 6.50. The molecule has 0 N–H and O–H groups in total. The molecule has 0 aliphatic heterocycles. The second-order valence-corrected chi connectivity index (χ2v) is 8.92. The van der Waals surface area contributed by atoms with Crippen LogP contribution in [0.1, 0.15) is 24.0 Å². The van der Waals surface area contributed by atoms with Crippen molar-refractivity contribution >= 4 is 16.8 Å². The number of hydrogen-bond donors (Lipinski definition) is 0. The summed E-state index contributed by atoms with van der Waals surface area (Å²) in [6.45, 7) is 1.73. The van der Waals surface area contributed by atoms with Crippen LogP contribution < -0.4 is 15.0 Å². The lowest BCUT2D eigenvalue weighted by atomic mass is 10.1. The van der Waals surface area contributed by atoms with Gasteiger partial charge in [-0.25, -0.2) is 4.98 Å². The van der Waals surface area contributed by atoms with E-state index in [4.69, 9.17) is 9.47 Å². The van der Waals surface area contributed by atoms with Crippen LogP contribution in [-0.4, -0.2) is 47.7 Å². The topological polar surface area (TPSA) is 73.7 Å². The summed E-state index contributed by atoms with van der Waals surface area (Å²) in [7, 11) is 3.08. The van der Waals surface area contributed by atoms with Gasteiger partial charge in [0.25, 0.3) is 5.56 Å². The Kier molecular flexibility index (Phi) is 8.92. The molecule has 0 spiro atoms. The number of fused-ring (bicyclic) bond motifs is 1. The lowest BCUT2D eigenvalue weighted by Gasteiger charge is -2.23. The number of methoxy groups -OCH3 is 2. The van der Waals surface area contributed by atoms with Crippen LogP contribution in [0.25, 0.3) is 10.9 Å². The van der Waals surface area contributed by atoms with Gasteiger partial charge in [-0.2, -0.15) is 0 Å². The van der Waals surface area contributed by atoms with Gasteiger partial charge in [-0.1, -0.05) is 60.7 Å². The van der Waals surface area contributed by atoms with Crippen molar-refractivity contribution in [2.75, 3.05) is 27.3 Å². The first-order valence-corrected chi connectivity index (χ1v) is 12.6. The minimum Gasteiger partial charge on any atom is -0.493 e. The molecule has 0 atom stereocenters. The molecule has 7 nitrogen and oxygen atoms in total. The van der Waals surface area contributed by atoms with Crippen molar-refractivity contribution in [2.45, 2.75) is 32.2 Å². The molecule has 0 saturated carbocycles. The van der Waals surface area contributed by atoms with Gasteiger partial charge >= 0.3 is 0 Å². The zero-order valence-electron chi connectivity index (χ0n) is 21.4. The molecule has 0 saturated heterocycles. The Labute approximate surface area is 217 Å². The molecule has 4 aromatic rings. The molecule has 7 heteroatoms. The summed E-state index contributed by atoms with van der Waals surface area (Å²) in [4.78, 5) is 32.6. The van der Waals surface area contributed by atoms with E-state index in [1.165, 1.54) is 24.6 Å². The maximum Gasteiger partial charge on any atom is 0.261 e. The van der Waals surface area contributed by atoms with Crippen LogP contribution >= 0.6 is 0 Å². The quantitative estimate of drug-likeness (QED) is 0.287. The van der Waals surface area contributed by atoms with E-state index < -0.39 is 0 Å². The van der Waals surface area contributed by atoms with E-state index in [1.54, 1.807) is 23.8 Å². The number of benzene rings is 3. The summed E-state index contributed by atoms with van der Waals surface area (Å²) in [5.41, 5.74) is 2.80. The number of hydrogen-bond acceptors (Lipinski definition) is 5. The van der Waals surface area contributed by atoms with Gasteiger partial charge in [0, 0.05) is 32.1 Å². The first kappa shape index (κ1) is 25.9. The number of carbonyl (C=O) groups is 1. The highest BCUT2D eigenvalue weighted by Crippen LogP contribution is 2.29. The molecule has 1 heterocycles. The van der Waals surface area contributed by atoms with Crippen molar-refractivity contribution in [3.05, 3.63) is 101 Å². The first-order chi connectivity index (χ1) is 18.1. The SMILES string of the molecule is COc1cc2ncn(CCCC(=O)N(CCc3ccccc3)CCc3ccccc3)c(=O)c2cc1OC. The summed E-state index contributed by atoms with van der Waals surface area (Å²) < 4.78 is 12.2. The largest absolute Gasteiger partial charge is 0.493 e. The molecule has 192 valence electrons. The Balaban J connectivity index is 1.41. The van der Waals surface area contributed by atoms with E-state index in [2.05, 4.69) is 29.2 Å². The normalized spacial score (nSPS) is 10.9. The van der Waals surface area contributed by atoms with Crippen LogP contribution in [-0.2, 0) is 24.2 Å². The third kappa shape index (κ3) is 6.76. The Morgan fingerprint density at radius 3 is 2.00 bits per heavy atom. The Morgan fingerprint density at radius 1 is 0.865 bits per heavy atom. The van der Waals surface area contributed by atoms with Crippen LogP contribution in [0, 0.1) is 0 Å². The lowest BCUT2D eigenvalue weighted by molar-refractivity contribution is -0.131. The van der Waals surface area contributed by atoms with Crippen LogP contribution in [0.15, 0.2) is 83.9 Å². The zero-order valence-corrected chi connectivity index (χ0v) is 21.4. The van der Waals surface area contributed by atoms with E-state index in [0.29, 0.717) is 54.9 Å². The van der Waals surface area contributed by atoms with Gasteiger partial charge < -0.3 is 14.4 Å². The minimum absolute atomic E-state index is 0.0973. The van der Waals surface area contributed by atoms with E-state index in [1.807, 2.05) is 41.3 Å². The number of ether oxygens (including phenoxy) is 2.